The van der Waals surface area contributed by atoms with Crippen LogP contribution in [0.3, 0.4) is 0 Å². The lowest BCUT2D eigenvalue weighted by Crippen LogP contribution is -2.32. The van der Waals surface area contributed by atoms with Gasteiger partial charge in [-0.2, -0.15) is 4.98 Å². The minimum absolute atomic E-state index is 0.114. The highest BCUT2D eigenvalue weighted by molar-refractivity contribution is 9.10. The lowest BCUT2D eigenvalue weighted by atomic mass is 9.84. The number of nitrogens with zero attached hydrogens (tertiary/aromatic N) is 2. The summed E-state index contributed by atoms with van der Waals surface area (Å²) < 4.78 is 11.9. The van der Waals surface area contributed by atoms with Gasteiger partial charge in [-0.25, -0.2) is 0 Å². The Kier molecular flexibility index (Phi) is 3.99. The third-order valence-corrected chi connectivity index (χ3v) is 4.57. The molecule has 21 heavy (non-hydrogen) atoms. The van der Waals surface area contributed by atoms with Crippen LogP contribution < -0.4 is 0 Å². The Morgan fingerprint density at radius 3 is 2.76 bits per heavy atom. The molecule has 3 rings (SSSR count). The summed E-state index contributed by atoms with van der Waals surface area (Å²) in [7, 11) is 1.69. The molecule has 0 amide bonds. The highest BCUT2D eigenvalue weighted by Crippen LogP contribution is 2.40. The number of ether oxygens (including phenoxy) is 1. The number of aromatic nitrogens is 2. The van der Waals surface area contributed by atoms with Crippen LogP contribution >= 0.6 is 15.9 Å². The van der Waals surface area contributed by atoms with Gasteiger partial charge in [-0.3, -0.25) is 0 Å². The van der Waals surface area contributed by atoms with E-state index in [0.717, 1.165) is 30.2 Å². The monoisotopic (exact) mass is 352 g/mol. The molecule has 1 heterocycles. The number of phenols is 1. The summed E-state index contributed by atoms with van der Waals surface area (Å²) in [6.45, 7) is 0. The van der Waals surface area contributed by atoms with Crippen molar-refractivity contribution in [1.29, 1.82) is 0 Å². The summed E-state index contributed by atoms with van der Waals surface area (Å²) in [5.74, 6) is 0.994. The molecule has 1 aliphatic rings. The van der Waals surface area contributed by atoms with Gasteiger partial charge in [0.05, 0.1) is 5.56 Å². The van der Waals surface area contributed by atoms with E-state index in [1.165, 1.54) is 6.42 Å². The van der Waals surface area contributed by atoms with Gasteiger partial charge in [-0.15, -0.1) is 0 Å². The SMILES string of the molecule is COC1(c2noc(-c3cc(Br)ccc3O)n2)CCCCC1. The van der Waals surface area contributed by atoms with Gasteiger partial charge >= 0.3 is 0 Å². The molecule has 1 N–H and O–H groups in total. The fourth-order valence-corrected chi connectivity index (χ4v) is 3.20. The predicted octanol–water partition coefficient (Wildman–Crippen LogP) is 4.01. The van der Waals surface area contributed by atoms with Crippen molar-refractivity contribution in [1.82, 2.24) is 10.1 Å². The normalized spacial score (nSPS) is 17.8. The molecule has 0 bridgehead atoms. The number of halogens is 1. The van der Waals surface area contributed by atoms with E-state index in [2.05, 4.69) is 26.1 Å². The highest BCUT2D eigenvalue weighted by atomic mass is 79.9. The zero-order valence-corrected chi connectivity index (χ0v) is 13.4. The maximum Gasteiger partial charge on any atom is 0.261 e. The smallest absolute Gasteiger partial charge is 0.261 e. The molecule has 0 radical (unpaired) electrons. The Hall–Kier alpha value is -1.40. The number of aromatic hydroxyl groups is 1. The first-order valence-corrected chi connectivity index (χ1v) is 7.82. The second-order valence-electron chi connectivity index (χ2n) is 5.34. The molecule has 1 aromatic heterocycles. The Bertz CT molecular complexity index is 636. The maximum absolute atomic E-state index is 9.95. The van der Waals surface area contributed by atoms with E-state index in [4.69, 9.17) is 9.26 Å². The van der Waals surface area contributed by atoms with Gasteiger partial charge in [0, 0.05) is 11.6 Å². The Balaban J connectivity index is 1.97. The lowest BCUT2D eigenvalue weighted by Gasteiger charge is -2.32. The second kappa shape index (κ2) is 5.77. The van der Waals surface area contributed by atoms with E-state index in [-0.39, 0.29) is 5.75 Å². The fraction of sp³-hybridized carbons (Fsp3) is 0.467. The largest absolute Gasteiger partial charge is 0.507 e. The van der Waals surface area contributed by atoms with Crippen LogP contribution in [0.1, 0.15) is 37.9 Å². The summed E-state index contributed by atoms with van der Waals surface area (Å²) in [5.41, 5.74) is 0.0620. The first-order chi connectivity index (χ1) is 10.1. The molecule has 1 saturated carbocycles. The molecular weight excluding hydrogens is 336 g/mol. The molecule has 1 fully saturated rings. The first-order valence-electron chi connectivity index (χ1n) is 7.03. The minimum Gasteiger partial charge on any atom is -0.507 e. The van der Waals surface area contributed by atoms with E-state index in [1.807, 2.05) is 0 Å². The van der Waals surface area contributed by atoms with Gasteiger partial charge < -0.3 is 14.4 Å². The summed E-state index contributed by atoms with van der Waals surface area (Å²) >= 11 is 3.38. The van der Waals surface area contributed by atoms with Gasteiger partial charge in [0.25, 0.3) is 5.89 Å². The molecule has 5 nitrogen and oxygen atoms in total. The molecule has 0 aliphatic heterocycles. The third-order valence-electron chi connectivity index (χ3n) is 4.07. The van der Waals surface area contributed by atoms with Crippen molar-refractivity contribution in [2.45, 2.75) is 37.7 Å². The van der Waals surface area contributed by atoms with Crippen molar-refractivity contribution in [3.05, 3.63) is 28.5 Å². The second-order valence-corrected chi connectivity index (χ2v) is 6.26. The quantitative estimate of drug-likeness (QED) is 0.903. The molecule has 6 heteroatoms. The molecule has 112 valence electrons. The van der Waals surface area contributed by atoms with Crippen molar-refractivity contribution in [3.63, 3.8) is 0 Å². The number of phenolic OH excluding ortho intramolecular Hbond substituents is 1. The topological polar surface area (TPSA) is 68.4 Å². The molecule has 0 saturated heterocycles. The van der Waals surface area contributed by atoms with Gasteiger partial charge in [0.1, 0.15) is 11.4 Å². The third kappa shape index (κ3) is 2.70. The summed E-state index contributed by atoms with van der Waals surface area (Å²) in [6.07, 6.45) is 5.20. The van der Waals surface area contributed by atoms with E-state index in [9.17, 15) is 5.11 Å². The van der Waals surface area contributed by atoms with Crippen molar-refractivity contribution in [2.24, 2.45) is 0 Å². The van der Waals surface area contributed by atoms with Crippen molar-refractivity contribution in [2.75, 3.05) is 7.11 Å². The van der Waals surface area contributed by atoms with Gasteiger partial charge in [-0.1, -0.05) is 40.3 Å². The fourth-order valence-electron chi connectivity index (χ4n) is 2.84. The van der Waals surface area contributed by atoms with Crippen LogP contribution in [0.15, 0.2) is 27.2 Å². The molecule has 0 atom stereocenters. The van der Waals surface area contributed by atoms with Crippen molar-refractivity contribution >= 4 is 15.9 Å². The number of hydrogen-bond acceptors (Lipinski definition) is 5. The van der Waals surface area contributed by atoms with Gasteiger partial charge in [0.2, 0.25) is 5.82 Å². The van der Waals surface area contributed by atoms with Crippen LogP contribution in [0.2, 0.25) is 0 Å². The van der Waals surface area contributed by atoms with E-state index in [1.54, 1.807) is 25.3 Å². The Morgan fingerprint density at radius 1 is 1.29 bits per heavy atom. The molecule has 0 unspecified atom stereocenters. The predicted molar refractivity (Wildman–Crippen MR) is 80.9 cm³/mol. The molecule has 1 aromatic carbocycles. The Morgan fingerprint density at radius 2 is 2.05 bits per heavy atom. The van der Waals surface area contributed by atoms with Crippen LogP contribution in [0.25, 0.3) is 11.5 Å². The van der Waals surface area contributed by atoms with E-state index >= 15 is 0 Å². The summed E-state index contributed by atoms with van der Waals surface area (Å²) in [6, 6.07) is 5.11. The Labute approximate surface area is 131 Å². The molecule has 0 spiro atoms. The average Bonchev–Trinajstić information content (AvgIpc) is 3.00. The van der Waals surface area contributed by atoms with Crippen LogP contribution in [0.4, 0.5) is 0 Å². The maximum atomic E-state index is 9.95. The zero-order valence-electron chi connectivity index (χ0n) is 11.8. The van der Waals surface area contributed by atoms with Crippen LogP contribution in [0, 0.1) is 0 Å². The van der Waals surface area contributed by atoms with Crippen molar-refractivity contribution < 1.29 is 14.4 Å². The van der Waals surface area contributed by atoms with E-state index < -0.39 is 5.60 Å². The van der Waals surface area contributed by atoms with E-state index in [0.29, 0.717) is 17.3 Å². The summed E-state index contributed by atoms with van der Waals surface area (Å²) in [5, 5.41) is 14.0. The van der Waals surface area contributed by atoms with Gasteiger partial charge in [-0.05, 0) is 31.0 Å². The molecule has 2 aromatic rings. The lowest BCUT2D eigenvalue weighted by molar-refractivity contribution is -0.0527. The number of rotatable bonds is 3. The van der Waals surface area contributed by atoms with Crippen LogP contribution in [-0.4, -0.2) is 22.4 Å². The number of benzene rings is 1. The molecule has 1 aliphatic carbocycles. The highest BCUT2D eigenvalue weighted by Gasteiger charge is 2.38. The average molecular weight is 353 g/mol. The number of methoxy groups -OCH3 is 1. The minimum atomic E-state index is -0.457. The van der Waals surface area contributed by atoms with Crippen LogP contribution in [-0.2, 0) is 10.3 Å². The molecular formula is C15H17BrN2O3. The zero-order chi connectivity index (χ0) is 14.9. The summed E-state index contributed by atoms with van der Waals surface area (Å²) in [4.78, 5) is 4.47. The number of hydrogen-bond donors (Lipinski definition) is 1. The van der Waals surface area contributed by atoms with Crippen molar-refractivity contribution in [3.8, 4) is 17.2 Å². The standard InChI is InChI=1S/C15H17BrN2O3/c1-20-15(7-3-2-4-8-15)14-17-13(21-18-14)11-9-10(16)5-6-12(11)19/h5-6,9,19H,2-4,7-8H2,1H3. The van der Waals surface area contributed by atoms with Crippen LogP contribution in [0.5, 0.6) is 5.75 Å². The first kappa shape index (κ1) is 14.5. The van der Waals surface area contributed by atoms with Gasteiger partial charge in [0.15, 0.2) is 0 Å².